The van der Waals surface area contributed by atoms with Crippen LogP contribution < -0.4 is 10.6 Å². The highest BCUT2D eigenvalue weighted by atomic mass is 79.9. The van der Waals surface area contributed by atoms with Gasteiger partial charge in [-0.1, -0.05) is 15.9 Å². The SMILES string of the molecule is Cc1cc(NC(=O)NC(C)(C)CC(=O)O)ccc1Br. The number of amides is 2. The number of rotatable bonds is 4. The molecule has 19 heavy (non-hydrogen) atoms. The molecule has 0 spiro atoms. The van der Waals surface area contributed by atoms with Crippen LogP contribution >= 0.6 is 15.9 Å². The Balaban J connectivity index is 2.64. The van der Waals surface area contributed by atoms with Crippen LogP contribution in [-0.2, 0) is 4.79 Å². The number of carboxylic acid groups (broad SMARTS) is 1. The Hall–Kier alpha value is -1.56. The number of anilines is 1. The van der Waals surface area contributed by atoms with Crippen molar-refractivity contribution in [1.29, 1.82) is 0 Å². The number of urea groups is 1. The maximum absolute atomic E-state index is 11.8. The highest BCUT2D eigenvalue weighted by Crippen LogP contribution is 2.20. The molecule has 3 N–H and O–H groups in total. The average molecular weight is 329 g/mol. The molecule has 0 fully saturated rings. The van der Waals surface area contributed by atoms with Gasteiger partial charge < -0.3 is 15.7 Å². The normalized spacial score (nSPS) is 10.9. The van der Waals surface area contributed by atoms with E-state index in [1.54, 1.807) is 19.9 Å². The number of aryl methyl sites for hydroxylation is 1. The van der Waals surface area contributed by atoms with Crippen molar-refractivity contribution in [2.45, 2.75) is 32.7 Å². The third kappa shape index (κ3) is 5.30. The first kappa shape index (κ1) is 15.5. The van der Waals surface area contributed by atoms with Gasteiger partial charge in [-0.2, -0.15) is 0 Å². The van der Waals surface area contributed by atoms with Gasteiger partial charge in [-0.05, 0) is 44.5 Å². The summed E-state index contributed by atoms with van der Waals surface area (Å²) in [5.74, 6) is -0.954. The zero-order chi connectivity index (χ0) is 14.6. The van der Waals surface area contributed by atoms with Crippen molar-refractivity contribution in [2.75, 3.05) is 5.32 Å². The zero-order valence-corrected chi connectivity index (χ0v) is 12.7. The van der Waals surface area contributed by atoms with Gasteiger partial charge in [0.15, 0.2) is 0 Å². The summed E-state index contributed by atoms with van der Waals surface area (Å²) < 4.78 is 0.963. The van der Waals surface area contributed by atoms with Gasteiger partial charge in [0.05, 0.1) is 6.42 Å². The molecule has 104 valence electrons. The van der Waals surface area contributed by atoms with Crippen LogP contribution in [0.1, 0.15) is 25.8 Å². The Morgan fingerprint density at radius 1 is 1.37 bits per heavy atom. The summed E-state index contributed by atoms with van der Waals surface area (Å²) in [4.78, 5) is 22.4. The molecule has 0 bridgehead atoms. The number of carbonyl (C=O) groups is 2. The first-order chi connectivity index (χ1) is 8.69. The van der Waals surface area contributed by atoms with Crippen molar-refractivity contribution in [3.05, 3.63) is 28.2 Å². The van der Waals surface area contributed by atoms with Gasteiger partial charge in [0.1, 0.15) is 0 Å². The molecular weight excluding hydrogens is 312 g/mol. The molecule has 0 heterocycles. The molecule has 0 radical (unpaired) electrons. The van der Waals surface area contributed by atoms with E-state index in [1.165, 1.54) is 0 Å². The second-order valence-electron chi connectivity index (χ2n) is 5.00. The molecule has 0 aliphatic carbocycles. The minimum atomic E-state index is -0.954. The van der Waals surface area contributed by atoms with E-state index in [-0.39, 0.29) is 6.42 Å². The third-order valence-corrected chi connectivity index (χ3v) is 3.35. The second kappa shape index (κ2) is 6.06. The largest absolute Gasteiger partial charge is 0.481 e. The monoisotopic (exact) mass is 328 g/mol. The van der Waals surface area contributed by atoms with Gasteiger partial charge in [-0.3, -0.25) is 4.79 Å². The molecule has 0 saturated carbocycles. The minimum Gasteiger partial charge on any atom is -0.481 e. The minimum absolute atomic E-state index is 0.139. The van der Waals surface area contributed by atoms with Crippen LogP contribution in [-0.4, -0.2) is 22.6 Å². The van der Waals surface area contributed by atoms with Crippen LogP contribution in [0.25, 0.3) is 0 Å². The summed E-state index contributed by atoms with van der Waals surface area (Å²) >= 11 is 3.38. The number of aliphatic carboxylic acids is 1. The van der Waals surface area contributed by atoms with E-state index in [1.807, 2.05) is 19.1 Å². The van der Waals surface area contributed by atoms with Crippen LogP contribution in [0, 0.1) is 6.92 Å². The molecule has 2 amide bonds. The molecule has 5 nitrogen and oxygen atoms in total. The number of halogens is 1. The van der Waals surface area contributed by atoms with Crippen LogP contribution in [0.5, 0.6) is 0 Å². The number of benzene rings is 1. The van der Waals surface area contributed by atoms with Crippen molar-refractivity contribution in [3.63, 3.8) is 0 Å². The molecule has 0 unspecified atom stereocenters. The fourth-order valence-corrected chi connectivity index (χ4v) is 1.86. The topological polar surface area (TPSA) is 78.4 Å². The molecule has 0 aromatic heterocycles. The lowest BCUT2D eigenvalue weighted by molar-refractivity contribution is -0.138. The van der Waals surface area contributed by atoms with Crippen molar-refractivity contribution >= 4 is 33.6 Å². The first-order valence-electron chi connectivity index (χ1n) is 5.77. The van der Waals surface area contributed by atoms with Crippen LogP contribution in [0.3, 0.4) is 0 Å². The summed E-state index contributed by atoms with van der Waals surface area (Å²) in [5, 5.41) is 14.0. The van der Waals surface area contributed by atoms with Crippen LogP contribution in [0.2, 0.25) is 0 Å². The van der Waals surface area contributed by atoms with Gasteiger partial charge in [-0.15, -0.1) is 0 Å². The number of carbonyl (C=O) groups excluding carboxylic acids is 1. The van der Waals surface area contributed by atoms with Crippen molar-refractivity contribution < 1.29 is 14.7 Å². The predicted molar refractivity (Wildman–Crippen MR) is 77.4 cm³/mol. The number of carboxylic acids is 1. The molecule has 6 heteroatoms. The van der Waals surface area contributed by atoms with Crippen molar-refractivity contribution in [2.24, 2.45) is 0 Å². The fourth-order valence-electron chi connectivity index (χ4n) is 1.61. The van der Waals surface area contributed by atoms with Gasteiger partial charge in [0.2, 0.25) is 0 Å². The smallest absolute Gasteiger partial charge is 0.319 e. The number of hydrogen-bond acceptors (Lipinski definition) is 2. The van der Waals surface area contributed by atoms with Crippen LogP contribution in [0.4, 0.5) is 10.5 Å². The molecule has 0 atom stereocenters. The Morgan fingerprint density at radius 2 is 2.00 bits per heavy atom. The van der Waals surface area contributed by atoms with Crippen molar-refractivity contribution in [3.8, 4) is 0 Å². The van der Waals surface area contributed by atoms with E-state index in [0.717, 1.165) is 10.0 Å². The number of hydrogen-bond donors (Lipinski definition) is 3. The van der Waals surface area contributed by atoms with E-state index in [0.29, 0.717) is 5.69 Å². The summed E-state index contributed by atoms with van der Waals surface area (Å²) in [6, 6.07) is 5.01. The molecule has 1 aromatic carbocycles. The van der Waals surface area contributed by atoms with Crippen LogP contribution in [0.15, 0.2) is 22.7 Å². The summed E-state index contributed by atoms with van der Waals surface area (Å²) in [6.07, 6.45) is -0.139. The summed E-state index contributed by atoms with van der Waals surface area (Å²) in [6.45, 7) is 5.24. The lowest BCUT2D eigenvalue weighted by Gasteiger charge is -2.24. The lowest BCUT2D eigenvalue weighted by Crippen LogP contribution is -2.46. The summed E-state index contributed by atoms with van der Waals surface area (Å²) in [7, 11) is 0. The molecule has 1 rings (SSSR count). The van der Waals surface area contributed by atoms with E-state index < -0.39 is 17.5 Å². The Labute approximate surface area is 120 Å². The van der Waals surface area contributed by atoms with Gasteiger partial charge in [-0.25, -0.2) is 4.79 Å². The van der Waals surface area contributed by atoms with Crippen molar-refractivity contribution in [1.82, 2.24) is 5.32 Å². The Morgan fingerprint density at radius 3 is 2.53 bits per heavy atom. The molecular formula is C13H17BrN2O3. The van der Waals surface area contributed by atoms with E-state index in [4.69, 9.17) is 5.11 Å². The summed E-state index contributed by atoms with van der Waals surface area (Å²) in [5.41, 5.74) is 0.854. The molecule has 0 aliphatic rings. The average Bonchev–Trinajstić information content (AvgIpc) is 2.20. The van der Waals surface area contributed by atoms with Gasteiger partial charge in [0, 0.05) is 15.7 Å². The standard InChI is InChI=1S/C13H17BrN2O3/c1-8-6-9(4-5-10(8)14)15-12(19)16-13(2,3)7-11(17)18/h4-6H,7H2,1-3H3,(H,17,18)(H2,15,16,19). The van der Waals surface area contributed by atoms with E-state index >= 15 is 0 Å². The lowest BCUT2D eigenvalue weighted by atomic mass is 10.0. The predicted octanol–water partition coefficient (Wildman–Crippen LogP) is 3.13. The highest BCUT2D eigenvalue weighted by molar-refractivity contribution is 9.10. The van der Waals surface area contributed by atoms with E-state index in [9.17, 15) is 9.59 Å². The molecule has 0 aliphatic heterocycles. The quantitative estimate of drug-likeness (QED) is 0.794. The fraction of sp³-hybridized carbons (Fsp3) is 0.385. The third-order valence-electron chi connectivity index (χ3n) is 2.46. The Bertz CT molecular complexity index is 501. The molecule has 0 saturated heterocycles. The van der Waals surface area contributed by atoms with Gasteiger partial charge >= 0.3 is 12.0 Å². The zero-order valence-electron chi connectivity index (χ0n) is 11.1. The second-order valence-corrected chi connectivity index (χ2v) is 5.85. The maximum atomic E-state index is 11.8. The number of nitrogens with one attached hydrogen (secondary N) is 2. The maximum Gasteiger partial charge on any atom is 0.319 e. The Kier molecular flexibility index (Phi) is 4.94. The highest BCUT2D eigenvalue weighted by Gasteiger charge is 2.23. The van der Waals surface area contributed by atoms with Gasteiger partial charge in [0.25, 0.3) is 0 Å². The first-order valence-corrected chi connectivity index (χ1v) is 6.56. The molecule has 1 aromatic rings. The van der Waals surface area contributed by atoms with E-state index in [2.05, 4.69) is 26.6 Å².